The van der Waals surface area contributed by atoms with Crippen LogP contribution in [0.5, 0.6) is 0 Å². The zero-order valence-corrected chi connectivity index (χ0v) is 16.5. The lowest BCUT2D eigenvalue weighted by Crippen LogP contribution is -1.93. The third-order valence-corrected chi connectivity index (χ3v) is 5.19. The van der Waals surface area contributed by atoms with Gasteiger partial charge < -0.3 is 5.11 Å². The predicted molar refractivity (Wildman–Crippen MR) is 113 cm³/mol. The quantitative estimate of drug-likeness (QED) is 0.319. The molecule has 0 fully saturated rings. The van der Waals surface area contributed by atoms with Gasteiger partial charge in [-0.25, -0.2) is 4.39 Å². The number of aromatic nitrogens is 2. The molecule has 0 aliphatic carbocycles. The van der Waals surface area contributed by atoms with E-state index >= 15 is 0 Å². The molecule has 0 saturated heterocycles. The van der Waals surface area contributed by atoms with Gasteiger partial charge in [-0.1, -0.05) is 42.2 Å². The van der Waals surface area contributed by atoms with Crippen molar-refractivity contribution in [2.45, 2.75) is 20.3 Å². The molecule has 0 saturated carbocycles. The smallest absolute Gasteiger partial charge is 0.147 e. The van der Waals surface area contributed by atoms with E-state index in [1.165, 1.54) is 29.5 Å². The molecule has 0 aliphatic rings. The van der Waals surface area contributed by atoms with Gasteiger partial charge in [0, 0.05) is 17.7 Å². The van der Waals surface area contributed by atoms with Crippen molar-refractivity contribution >= 4 is 22.7 Å². The van der Waals surface area contributed by atoms with Gasteiger partial charge in [0.1, 0.15) is 15.8 Å². The second kappa shape index (κ2) is 8.71. The van der Waals surface area contributed by atoms with Crippen LogP contribution in [0.15, 0.2) is 71.9 Å². The molecule has 28 heavy (non-hydrogen) atoms. The summed E-state index contributed by atoms with van der Waals surface area (Å²) in [7, 11) is 0. The second-order valence-corrected chi connectivity index (χ2v) is 7.41. The summed E-state index contributed by atoms with van der Waals surface area (Å²) >= 11 is 1.51. The summed E-state index contributed by atoms with van der Waals surface area (Å²) in [6.07, 6.45) is 3.07. The van der Waals surface area contributed by atoms with Gasteiger partial charge >= 0.3 is 0 Å². The predicted octanol–water partition coefficient (Wildman–Crippen LogP) is 5.96. The molecule has 0 atom stereocenters. The fourth-order valence-corrected chi connectivity index (χ4v) is 3.41. The standard InChI is InChI=1S/C22H20FN3OS/c1-14(10-11-27)16(3)24-20-13-18(7-4-15(20)2)22-26-25-21(28-22)12-17-5-8-19(23)9-6-17/h4-11,13,27H,1,12H2,2-3H3/b11-10-,24-16?. The Morgan fingerprint density at radius 2 is 1.96 bits per heavy atom. The van der Waals surface area contributed by atoms with Crippen LogP contribution in [-0.4, -0.2) is 21.0 Å². The van der Waals surface area contributed by atoms with Crippen LogP contribution in [0, 0.1) is 12.7 Å². The minimum Gasteiger partial charge on any atom is -0.516 e. The first-order chi connectivity index (χ1) is 13.5. The molecule has 142 valence electrons. The lowest BCUT2D eigenvalue weighted by molar-refractivity contribution is 0.473. The van der Waals surface area contributed by atoms with Gasteiger partial charge in [-0.15, -0.1) is 10.2 Å². The summed E-state index contributed by atoms with van der Waals surface area (Å²) in [5.41, 5.74) is 5.13. The second-order valence-electron chi connectivity index (χ2n) is 6.34. The largest absolute Gasteiger partial charge is 0.516 e. The fourth-order valence-electron chi connectivity index (χ4n) is 2.54. The van der Waals surface area contributed by atoms with E-state index in [-0.39, 0.29) is 5.82 Å². The monoisotopic (exact) mass is 393 g/mol. The van der Waals surface area contributed by atoms with E-state index in [0.29, 0.717) is 12.0 Å². The number of hydrogen-bond acceptors (Lipinski definition) is 5. The summed E-state index contributed by atoms with van der Waals surface area (Å²) < 4.78 is 13.0. The number of hydrogen-bond donors (Lipinski definition) is 1. The highest BCUT2D eigenvalue weighted by molar-refractivity contribution is 7.14. The summed E-state index contributed by atoms with van der Waals surface area (Å²) in [4.78, 5) is 4.62. The number of nitrogens with zero attached hydrogens (tertiary/aromatic N) is 3. The molecule has 0 amide bonds. The molecular formula is C22H20FN3OS. The number of benzene rings is 2. The molecule has 0 bridgehead atoms. The molecule has 3 aromatic rings. The molecule has 0 unspecified atom stereocenters. The van der Waals surface area contributed by atoms with Crippen LogP contribution in [-0.2, 0) is 6.42 Å². The molecule has 0 spiro atoms. The number of aliphatic imine (C=N–C) groups is 1. The Balaban J connectivity index is 1.84. The third kappa shape index (κ3) is 4.78. The highest BCUT2D eigenvalue weighted by atomic mass is 32.1. The zero-order chi connectivity index (χ0) is 20.1. The Morgan fingerprint density at radius 3 is 2.68 bits per heavy atom. The number of aliphatic hydroxyl groups is 1. The first kappa shape index (κ1) is 19.6. The zero-order valence-electron chi connectivity index (χ0n) is 15.7. The molecule has 1 N–H and O–H groups in total. The van der Waals surface area contributed by atoms with Gasteiger partial charge in [0.25, 0.3) is 0 Å². The Morgan fingerprint density at radius 1 is 1.21 bits per heavy atom. The van der Waals surface area contributed by atoms with Crippen molar-refractivity contribution < 1.29 is 9.50 Å². The van der Waals surface area contributed by atoms with E-state index in [2.05, 4.69) is 21.8 Å². The SMILES string of the molecule is C=C(/C=C\O)C(C)=Nc1cc(-c2nnc(Cc3ccc(F)cc3)s2)ccc1C. The van der Waals surface area contributed by atoms with Crippen LogP contribution in [0.25, 0.3) is 10.6 Å². The number of aryl methyl sites for hydroxylation is 1. The van der Waals surface area contributed by atoms with Crippen molar-refractivity contribution in [2.24, 2.45) is 4.99 Å². The van der Waals surface area contributed by atoms with E-state index in [4.69, 9.17) is 5.11 Å². The van der Waals surface area contributed by atoms with Crippen LogP contribution < -0.4 is 0 Å². The molecule has 6 heteroatoms. The van der Waals surface area contributed by atoms with Gasteiger partial charge in [0.15, 0.2) is 0 Å². The van der Waals surface area contributed by atoms with Gasteiger partial charge in [-0.2, -0.15) is 0 Å². The topological polar surface area (TPSA) is 58.4 Å². The van der Waals surface area contributed by atoms with E-state index < -0.39 is 0 Å². The van der Waals surface area contributed by atoms with Crippen molar-refractivity contribution in [3.05, 3.63) is 88.9 Å². The summed E-state index contributed by atoms with van der Waals surface area (Å²) in [6.45, 7) is 7.71. The molecule has 3 rings (SSSR count). The average Bonchev–Trinajstić information content (AvgIpc) is 3.14. The Bertz CT molecular complexity index is 1050. The Hall–Kier alpha value is -3.12. The summed E-state index contributed by atoms with van der Waals surface area (Å²) in [6, 6.07) is 12.4. The molecule has 1 aromatic heterocycles. The molecule has 0 radical (unpaired) electrons. The van der Waals surface area contributed by atoms with Crippen molar-refractivity contribution in [3.63, 3.8) is 0 Å². The highest BCUT2D eigenvalue weighted by Gasteiger charge is 2.10. The number of allylic oxidation sites excluding steroid dienone is 2. The maximum absolute atomic E-state index is 13.0. The van der Waals surface area contributed by atoms with Gasteiger partial charge in [0.05, 0.1) is 11.9 Å². The summed E-state index contributed by atoms with van der Waals surface area (Å²) in [5, 5.41) is 19.1. The van der Waals surface area contributed by atoms with Gasteiger partial charge in [-0.05, 0) is 54.8 Å². The van der Waals surface area contributed by atoms with Crippen molar-refractivity contribution in [2.75, 3.05) is 0 Å². The Kier molecular flexibility index (Phi) is 6.11. The summed E-state index contributed by atoms with van der Waals surface area (Å²) in [5.74, 6) is -0.248. The minimum atomic E-state index is -0.248. The van der Waals surface area contributed by atoms with Crippen molar-refractivity contribution in [3.8, 4) is 10.6 Å². The van der Waals surface area contributed by atoms with Crippen LogP contribution >= 0.6 is 11.3 Å². The van der Waals surface area contributed by atoms with Crippen LogP contribution in [0.3, 0.4) is 0 Å². The van der Waals surface area contributed by atoms with E-state index in [0.717, 1.165) is 44.4 Å². The van der Waals surface area contributed by atoms with Crippen molar-refractivity contribution in [1.29, 1.82) is 0 Å². The maximum Gasteiger partial charge on any atom is 0.147 e. The number of aliphatic hydroxyl groups excluding tert-OH is 1. The van der Waals surface area contributed by atoms with E-state index in [9.17, 15) is 4.39 Å². The van der Waals surface area contributed by atoms with Crippen LogP contribution in [0.4, 0.5) is 10.1 Å². The lowest BCUT2D eigenvalue weighted by Gasteiger charge is -2.05. The fraction of sp³-hybridized carbons (Fsp3) is 0.136. The Labute approximate surface area is 167 Å². The number of rotatable bonds is 6. The molecule has 4 nitrogen and oxygen atoms in total. The van der Waals surface area contributed by atoms with Crippen LogP contribution in [0.2, 0.25) is 0 Å². The maximum atomic E-state index is 13.0. The highest BCUT2D eigenvalue weighted by Crippen LogP contribution is 2.30. The normalized spacial score (nSPS) is 11.9. The minimum absolute atomic E-state index is 0.248. The van der Waals surface area contributed by atoms with E-state index in [1.54, 1.807) is 12.1 Å². The third-order valence-electron chi connectivity index (χ3n) is 4.22. The molecule has 1 heterocycles. The number of halogens is 1. The lowest BCUT2D eigenvalue weighted by atomic mass is 10.1. The first-order valence-corrected chi connectivity index (χ1v) is 9.51. The molecular weight excluding hydrogens is 373 g/mol. The molecule has 2 aromatic carbocycles. The van der Waals surface area contributed by atoms with Crippen LogP contribution in [0.1, 0.15) is 23.1 Å². The van der Waals surface area contributed by atoms with Crippen molar-refractivity contribution in [1.82, 2.24) is 10.2 Å². The van der Waals surface area contributed by atoms with Gasteiger partial charge in [-0.3, -0.25) is 4.99 Å². The first-order valence-electron chi connectivity index (χ1n) is 8.69. The van der Waals surface area contributed by atoms with Gasteiger partial charge in [0.2, 0.25) is 0 Å². The van der Waals surface area contributed by atoms with E-state index in [1.807, 2.05) is 32.0 Å². The molecule has 0 aliphatic heterocycles. The average molecular weight is 393 g/mol.